The molecule has 252 valence electrons. The molecule has 0 unspecified atom stereocenters. The molecule has 0 atom stereocenters. The minimum Gasteiger partial charge on any atom is -0.363 e. The summed E-state index contributed by atoms with van der Waals surface area (Å²) in [6.45, 7) is 0.441. The van der Waals surface area contributed by atoms with Crippen molar-refractivity contribution in [2.75, 3.05) is 15.5 Å². The number of carbonyl (C=O) groups is 1. The molecule has 0 radical (unpaired) electrons. The maximum Gasteiger partial charge on any atom is 0.323 e. The number of amides is 2. The first kappa shape index (κ1) is 31.3. The number of hydrogen-bond acceptors (Lipinski definition) is 8. The Balaban J connectivity index is 0.951. The molecule has 4 bridgehead atoms. The van der Waals surface area contributed by atoms with Crippen molar-refractivity contribution in [3.63, 3.8) is 0 Å². The average molecular weight is 657 g/mol. The van der Waals surface area contributed by atoms with Crippen LogP contribution in [0.4, 0.5) is 22.4 Å². The summed E-state index contributed by atoms with van der Waals surface area (Å²) in [5.74, 6) is 4.25. The van der Waals surface area contributed by atoms with Crippen LogP contribution < -0.4 is 20.9 Å². The first-order valence-electron chi connectivity index (χ1n) is 17.8. The molecule has 3 aromatic heterocycles. The first-order chi connectivity index (χ1) is 23.9. The Bertz CT molecular complexity index is 1790. The molecule has 5 fully saturated rings. The Morgan fingerprint density at radius 1 is 0.939 bits per heavy atom. The minimum atomic E-state index is -0.155. The van der Waals surface area contributed by atoms with Gasteiger partial charge in [-0.3, -0.25) is 9.58 Å². The number of hydrogen-bond donors (Lipinski definition) is 3. The summed E-state index contributed by atoms with van der Waals surface area (Å²) in [7, 11) is 1.89. The van der Waals surface area contributed by atoms with Crippen LogP contribution >= 0.6 is 0 Å². The van der Waals surface area contributed by atoms with Gasteiger partial charge in [-0.1, -0.05) is 30.3 Å². The van der Waals surface area contributed by atoms with Crippen LogP contribution in [0.5, 0.6) is 0 Å². The van der Waals surface area contributed by atoms with Gasteiger partial charge in [0, 0.05) is 54.7 Å². The van der Waals surface area contributed by atoms with Crippen molar-refractivity contribution in [2.24, 2.45) is 24.8 Å². The van der Waals surface area contributed by atoms with Gasteiger partial charge in [0.25, 0.3) is 0 Å². The van der Waals surface area contributed by atoms with E-state index < -0.39 is 0 Å². The summed E-state index contributed by atoms with van der Waals surface area (Å²) in [6, 6.07) is 16.2. The molecule has 5 aliphatic carbocycles. The molecule has 0 spiro atoms. The van der Waals surface area contributed by atoms with Gasteiger partial charge in [0.2, 0.25) is 5.95 Å². The van der Waals surface area contributed by atoms with Crippen molar-refractivity contribution in [1.29, 1.82) is 5.26 Å². The quantitative estimate of drug-likeness (QED) is 0.182. The molecule has 5 saturated carbocycles. The zero-order valence-electron chi connectivity index (χ0n) is 28.1. The van der Waals surface area contributed by atoms with Gasteiger partial charge < -0.3 is 16.0 Å². The van der Waals surface area contributed by atoms with Crippen molar-refractivity contribution in [3.8, 4) is 17.2 Å². The Morgan fingerprint density at radius 3 is 2.31 bits per heavy atom. The number of nitriles is 1. The standard InChI is InChI=1S/C38H44N10O/c1-47-24-31(23-43-47)29-7-12-34(40-21-29)48(37(49)42-20-25-5-3-2-4-6-25)33-10-8-32(9-11-33)44-36-41-22-30(19-39)35(45-36)46-38-16-26-13-27(17-38)15-28(14-26)18-38/h2-7,12,21-24,26-28,32-33H,8-11,13-18,20H2,1H3,(H,42,49)(H2,41,44,45,46)/t26?,27?,28?,32-,33-,38?. The molecule has 3 heterocycles. The Hall–Kier alpha value is -4.98. The first-order valence-corrected chi connectivity index (χ1v) is 17.8. The number of carbonyl (C=O) groups excluding carboxylic acids is 1. The van der Waals surface area contributed by atoms with Crippen LogP contribution in [-0.2, 0) is 13.6 Å². The lowest BCUT2D eigenvalue weighted by Crippen LogP contribution is -2.55. The molecule has 9 rings (SSSR count). The monoisotopic (exact) mass is 656 g/mol. The highest BCUT2D eigenvalue weighted by atomic mass is 16.2. The average Bonchev–Trinajstić information content (AvgIpc) is 3.54. The second-order valence-electron chi connectivity index (χ2n) is 14.9. The molecular formula is C38H44N10O. The van der Waals surface area contributed by atoms with E-state index in [1.165, 1.54) is 38.5 Å². The Kier molecular flexibility index (Phi) is 8.40. The SMILES string of the molecule is Cn1cc(-c2ccc(N(C(=O)NCc3ccccc3)[C@H]3CC[C@H](Nc4ncc(C#N)c(NC56CC7CC(CC(C7)C5)C6)n4)CC3)nc2)cn1. The number of nitrogens with zero attached hydrogens (tertiary/aromatic N) is 7. The number of benzene rings is 1. The lowest BCUT2D eigenvalue weighted by Gasteiger charge is -2.57. The van der Waals surface area contributed by atoms with Crippen LogP contribution in [0.2, 0.25) is 0 Å². The number of anilines is 3. The molecule has 11 heteroatoms. The molecule has 5 aliphatic rings. The second kappa shape index (κ2) is 13.1. The largest absolute Gasteiger partial charge is 0.363 e. The molecule has 1 aromatic carbocycles. The Morgan fingerprint density at radius 2 is 1.67 bits per heavy atom. The number of nitrogens with one attached hydrogen (secondary N) is 3. The van der Waals surface area contributed by atoms with Gasteiger partial charge in [-0.15, -0.1) is 0 Å². The molecule has 3 N–H and O–H groups in total. The van der Waals surface area contributed by atoms with E-state index in [0.717, 1.165) is 60.1 Å². The van der Waals surface area contributed by atoms with E-state index in [-0.39, 0.29) is 23.7 Å². The fraction of sp³-hybridized carbons (Fsp3) is 0.474. The third kappa shape index (κ3) is 6.69. The van der Waals surface area contributed by atoms with Gasteiger partial charge >= 0.3 is 6.03 Å². The van der Waals surface area contributed by atoms with E-state index >= 15 is 0 Å². The van der Waals surface area contributed by atoms with Crippen LogP contribution in [0.3, 0.4) is 0 Å². The fourth-order valence-corrected chi connectivity index (χ4v) is 9.39. The molecular weight excluding hydrogens is 612 g/mol. The topological polar surface area (TPSA) is 137 Å². The van der Waals surface area contributed by atoms with Crippen molar-refractivity contribution in [2.45, 2.75) is 88.4 Å². The van der Waals surface area contributed by atoms with Gasteiger partial charge in [0.05, 0.1) is 12.4 Å². The van der Waals surface area contributed by atoms with E-state index in [2.05, 4.69) is 32.1 Å². The fourth-order valence-electron chi connectivity index (χ4n) is 9.39. The van der Waals surface area contributed by atoms with Crippen molar-refractivity contribution in [3.05, 3.63) is 78.4 Å². The molecule has 11 nitrogen and oxygen atoms in total. The summed E-state index contributed by atoms with van der Waals surface area (Å²) in [5.41, 5.74) is 3.54. The zero-order valence-corrected chi connectivity index (χ0v) is 28.1. The highest BCUT2D eigenvalue weighted by molar-refractivity contribution is 5.91. The molecule has 2 amide bonds. The summed E-state index contributed by atoms with van der Waals surface area (Å²) in [5, 5.41) is 24.7. The van der Waals surface area contributed by atoms with E-state index in [4.69, 9.17) is 9.97 Å². The third-order valence-electron chi connectivity index (χ3n) is 11.3. The number of urea groups is 1. The van der Waals surface area contributed by atoms with Gasteiger partial charge in [0.15, 0.2) is 0 Å². The van der Waals surface area contributed by atoms with Gasteiger partial charge in [-0.25, -0.2) is 14.8 Å². The number of pyridine rings is 1. The summed E-state index contributed by atoms with van der Waals surface area (Å²) in [6.07, 6.45) is 18.2. The van der Waals surface area contributed by atoms with Crippen molar-refractivity contribution < 1.29 is 4.79 Å². The molecule has 49 heavy (non-hydrogen) atoms. The van der Waals surface area contributed by atoms with Gasteiger partial charge in [0.1, 0.15) is 23.3 Å². The van der Waals surface area contributed by atoms with E-state index in [1.807, 2.05) is 73.0 Å². The third-order valence-corrected chi connectivity index (χ3v) is 11.3. The van der Waals surface area contributed by atoms with Crippen LogP contribution in [0, 0.1) is 29.1 Å². The van der Waals surface area contributed by atoms with Gasteiger partial charge in [-0.2, -0.15) is 15.3 Å². The van der Waals surface area contributed by atoms with Crippen molar-refractivity contribution >= 4 is 23.6 Å². The number of rotatable bonds is 9. The predicted octanol–water partition coefficient (Wildman–Crippen LogP) is 6.66. The second-order valence-corrected chi connectivity index (χ2v) is 14.9. The maximum atomic E-state index is 13.8. The van der Waals surface area contributed by atoms with E-state index in [0.29, 0.717) is 29.7 Å². The van der Waals surface area contributed by atoms with Crippen molar-refractivity contribution in [1.82, 2.24) is 30.0 Å². The highest BCUT2D eigenvalue weighted by Gasteiger charge is 2.51. The molecule has 0 aliphatic heterocycles. The summed E-state index contributed by atoms with van der Waals surface area (Å²) < 4.78 is 1.77. The minimum absolute atomic E-state index is 0.0132. The number of aryl methyl sites for hydroxylation is 1. The van der Waals surface area contributed by atoms with Gasteiger partial charge in [-0.05, 0) is 99.7 Å². The highest BCUT2D eigenvalue weighted by Crippen LogP contribution is 2.56. The normalized spacial score (nSPS) is 26.9. The van der Waals surface area contributed by atoms with E-state index in [9.17, 15) is 10.1 Å². The lowest BCUT2D eigenvalue weighted by molar-refractivity contribution is 0.0105. The smallest absolute Gasteiger partial charge is 0.323 e. The van der Waals surface area contributed by atoms with Crippen LogP contribution in [0.1, 0.15) is 75.3 Å². The summed E-state index contributed by atoms with van der Waals surface area (Å²) >= 11 is 0. The zero-order chi connectivity index (χ0) is 33.4. The molecule has 0 saturated heterocycles. The molecule has 4 aromatic rings. The summed E-state index contributed by atoms with van der Waals surface area (Å²) in [4.78, 5) is 29.8. The van der Waals surface area contributed by atoms with Crippen LogP contribution in [0.15, 0.2) is 67.3 Å². The van der Waals surface area contributed by atoms with E-state index in [1.54, 1.807) is 10.9 Å². The Labute approximate surface area is 287 Å². The van der Waals surface area contributed by atoms with Crippen LogP contribution in [-0.4, -0.2) is 48.4 Å². The van der Waals surface area contributed by atoms with Crippen LogP contribution in [0.25, 0.3) is 11.1 Å². The predicted molar refractivity (Wildman–Crippen MR) is 189 cm³/mol. The number of aromatic nitrogens is 5. The lowest BCUT2D eigenvalue weighted by atomic mass is 9.53. The maximum absolute atomic E-state index is 13.8.